The van der Waals surface area contributed by atoms with E-state index in [4.69, 9.17) is 33.2 Å². The molecule has 0 spiro atoms. The zero-order valence-electron chi connectivity index (χ0n) is 2.63. The van der Waals surface area contributed by atoms with Crippen molar-refractivity contribution in [1.29, 1.82) is 0 Å². The fourth-order valence-corrected chi connectivity index (χ4v) is 25.9. The molecule has 1 saturated heterocycles. The van der Waals surface area contributed by atoms with Crippen LogP contribution in [0.4, 0.5) is 0 Å². The second-order valence-corrected chi connectivity index (χ2v) is 27.4. The van der Waals surface area contributed by atoms with Gasteiger partial charge in [0.05, 0.1) is 8.55 Å². The molecule has 0 atom stereocenters. The molecule has 0 saturated carbocycles. The van der Waals surface area contributed by atoms with Crippen LogP contribution < -0.4 is 0 Å². The minimum Gasteiger partial charge on any atom is -0.174 e. The van der Waals surface area contributed by atoms with Gasteiger partial charge in [0.2, 0.25) is 5.73 Å². The van der Waals surface area contributed by atoms with Gasteiger partial charge in [0.25, 0.3) is 0 Å². The fourth-order valence-electron chi connectivity index (χ4n) is 0.107. The number of hydrogen-bond donors (Lipinski definition) is 0. The quantitative estimate of drug-likeness (QED) is 0.394. The molecule has 33 valence electrons. The molecule has 0 unspecified atom stereocenters. The molecule has 0 aliphatic carbocycles. The molecule has 0 N–H and O–H groups in total. The van der Waals surface area contributed by atoms with Crippen LogP contribution in [0, 0.1) is 0 Å². The molecule has 6 heteroatoms. The Morgan fingerprint density at radius 1 is 1.50 bits per heavy atom. The number of hydrogen-bond acceptors (Lipinski definition) is 0. The third-order valence-corrected chi connectivity index (χ3v) is 32.1. The van der Waals surface area contributed by atoms with Crippen LogP contribution in [0.1, 0.15) is 0 Å². The van der Waals surface area contributed by atoms with Crippen molar-refractivity contribution >= 4 is 54.7 Å². The van der Waals surface area contributed by atoms with Gasteiger partial charge in [-0.25, -0.2) is 0 Å². The predicted molar refractivity (Wildman–Crippen MR) is 34.8 cm³/mol. The van der Waals surface area contributed by atoms with Gasteiger partial charge in [-0.1, -0.05) is 0 Å². The highest BCUT2D eigenvalue weighted by Gasteiger charge is 2.57. The Labute approximate surface area is 54.7 Å². The lowest BCUT2D eigenvalue weighted by Crippen LogP contribution is -1.98. The highest BCUT2D eigenvalue weighted by molar-refractivity contribution is 8.22. The summed E-state index contributed by atoms with van der Waals surface area (Å²) < 4.78 is 0. The lowest BCUT2D eigenvalue weighted by atomic mass is 26.9. The van der Waals surface area contributed by atoms with Gasteiger partial charge >= 0.3 is 0 Å². The van der Waals surface area contributed by atoms with Crippen LogP contribution in [0.25, 0.3) is 0 Å². The molecule has 1 fully saturated rings. The van der Waals surface area contributed by atoms with Gasteiger partial charge in [-0.15, -0.1) is 0 Å². The Hall–Kier alpha value is 1.52. The van der Waals surface area contributed by atoms with E-state index in [2.05, 4.69) is 0 Å². The monoisotopic (exact) mass is 189 g/mol. The molecule has 6 heavy (non-hydrogen) atoms. The molecule has 0 nitrogen and oxygen atoms in total. The molecule has 1 aliphatic rings. The smallest absolute Gasteiger partial charge is 0.174 e. The molecule has 0 aromatic rings. The predicted octanol–water partition coefficient (Wildman–Crippen LogP) is 0.926. The summed E-state index contributed by atoms with van der Waals surface area (Å²) >= 11 is 16.8. The summed E-state index contributed by atoms with van der Waals surface area (Å²) in [4.78, 5) is 0. The van der Waals surface area contributed by atoms with Crippen molar-refractivity contribution in [3.8, 4) is 0 Å². The second kappa shape index (κ2) is 1.50. The first kappa shape index (κ1) is 5.65. The number of halogens is 3. The van der Waals surface area contributed by atoms with Crippen molar-refractivity contribution in [1.82, 2.24) is 0 Å². The van der Waals surface area contributed by atoms with Gasteiger partial charge in [0.15, 0.2) is 7.14 Å². The molecule has 0 bridgehead atoms. The van der Waals surface area contributed by atoms with E-state index in [1.165, 1.54) is 0 Å². The summed E-state index contributed by atoms with van der Waals surface area (Å²) in [6.45, 7) is 0. The lowest BCUT2D eigenvalue weighted by Gasteiger charge is -1.79. The largest absolute Gasteiger partial charge is 0.233 e. The normalized spacial score (nSPS) is 30.5. The molecule has 0 aromatic carbocycles. The van der Waals surface area contributed by atoms with Crippen LogP contribution in [-0.4, -0.2) is 21.4 Å². The maximum atomic E-state index is 5.62. The first-order valence-corrected chi connectivity index (χ1v) is 11.9. The van der Waals surface area contributed by atoms with E-state index in [1.54, 1.807) is 0 Å². The summed E-state index contributed by atoms with van der Waals surface area (Å²) in [5.74, 6) is 0. The van der Waals surface area contributed by atoms with Gasteiger partial charge in [-0.3, -0.25) is 0 Å². The standard InChI is InChI=1S/Cl3Si3/c1-5-4-6(5,2)3. The minimum atomic E-state index is -1.62. The van der Waals surface area contributed by atoms with Crippen LogP contribution in [-0.2, 0) is 0 Å². The SMILES string of the molecule is Cl[Si]1[Si][Si]1(Cl)Cl. The minimum absolute atomic E-state index is 0.636. The Morgan fingerprint density at radius 3 is 1.67 bits per heavy atom. The maximum Gasteiger partial charge on any atom is 0.233 e. The Balaban J connectivity index is 2.41. The topological polar surface area (TPSA) is 0 Å². The van der Waals surface area contributed by atoms with E-state index in [0.717, 1.165) is 8.55 Å². The summed E-state index contributed by atoms with van der Waals surface area (Å²) in [6.07, 6.45) is 0. The van der Waals surface area contributed by atoms with Gasteiger partial charge in [-0.05, 0) is 0 Å². The van der Waals surface area contributed by atoms with Crippen LogP contribution in [0.3, 0.4) is 0 Å². The Morgan fingerprint density at radius 2 is 1.67 bits per heavy atom. The molecule has 0 aromatic heterocycles. The van der Waals surface area contributed by atoms with Gasteiger partial charge in [0.1, 0.15) is 0 Å². The van der Waals surface area contributed by atoms with E-state index in [0.29, 0.717) is 0 Å². The number of rotatable bonds is 0. The summed E-state index contributed by atoms with van der Waals surface area (Å²) in [6, 6.07) is 0. The summed E-state index contributed by atoms with van der Waals surface area (Å²) in [5, 5.41) is 0. The van der Waals surface area contributed by atoms with Gasteiger partial charge < -0.3 is 0 Å². The van der Waals surface area contributed by atoms with E-state index < -0.39 is 12.9 Å². The second-order valence-electron chi connectivity index (χ2n) is 1.01. The summed E-state index contributed by atoms with van der Waals surface area (Å²) in [7, 11) is 0.135. The van der Waals surface area contributed by atoms with Gasteiger partial charge in [0, 0.05) is 0 Å². The molecule has 3 radical (unpaired) electrons. The zero-order valence-corrected chi connectivity index (χ0v) is 7.90. The molecule has 1 rings (SSSR count). The van der Waals surface area contributed by atoms with Crippen molar-refractivity contribution in [3.05, 3.63) is 0 Å². The molecular weight excluding hydrogens is 191 g/mol. The first-order chi connectivity index (χ1) is 2.63. The first-order valence-electron chi connectivity index (χ1n) is 1.32. The Kier molecular flexibility index (Phi) is 1.41. The van der Waals surface area contributed by atoms with Crippen LogP contribution >= 0.6 is 33.2 Å². The van der Waals surface area contributed by atoms with Crippen LogP contribution in [0.5, 0.6) is 0 Å². The van der Waals surface area contributed by atoms with E-state index in [9.17, 15) is 0 Å². The van der Waals surface area contributed by atoms with E-state index in [1.807, 2.05) is 0 Å². The van der Waals surface area contributed by atoms with Crippen molar-refractivity contribution in [3.63, 3.8) is 0 Å². The fraction of sp³-hybridized carbons (Fsp3) is 0. The lowest BCUT2D eigenvalue weighted by molar-refractivity contribution is 3.91. The van der Waals surface area contributed by atoms with Crippen LogP contribution in [0.15, 0.2) is 0 Å². The highest BCUT2D eigenvalue weighted by atomic mass is 35.7. The zero-order chi connectivity index (χ0) is 4.78. The average molecular weight is 191 g/mol. The van der Waals surface area contributed by atoms with Crippen molar-refractivity contribution in [2.24, 2.45) is 0 Å². The van der Waals surface area contributed by atoms with Crippen molar-refractivity contribution in [2.75, 3.05) is 0 Å². The van der Waals surface area contributed by atoms with E-state index in [-0.39, 0.29) is 0 Å². The van der Waals surface area contributed by atoms with Crippen molar-refractivity contribution in [2.45, 2.75) is 0 Å². The van der Waals surface area contributed by atoms with Gasteiger partial charge in [-0.2, -0.15) is 33.2 Å². The molecule has 1 heterocycles. The maximum absolute atomic E-state index is 5.62. The molecular formula is Cl3Si3. The Bertz CT molecular complexity index is 68.4. The van der Waals surface area contributed by atoms with Crippen LogP contribution in [0.2, 0.25) is 0 Å². The molecule has 1 aliphatic heterocycles. The van der Waals surface area contributed by atoms with Crippen molar-refractivity contribution < 1.29 is 0 Å². The summed E-state index contributed by atoms with van der Waals surface area (Å²) in [5.41, 5.74) is -1.62. The molecule has 0 amide bonds. The third-order valence-electron chi connectivity index (χ3n) is 0.480. The highest BCUT2D eigenvalue weighted by Crippen LogP contribution is 2.32. The van der Waals surface area contributed by atoms with E-state index >= 15 is 0 Å². The third kappa shape index (κ3) is 1.02. The average Bonchev–Trinajstić information content (AvgIpc) is 1.73.